The van der Waals surface area contributed by atoms with Gasteiger partial charge < -0.3 is 10.6 Å². The van der Waals surface area contributed by atoms with Gasteiger partial charge in [0.1, 0.15) is 5.82 Å². The van der Waals surface area contributed by atoms with Crippen molar-refractivity contribution in [1.29, 1.82) is 0 Å². The maximum Gasteiger partial charge on any atom is 0.251 e. The minimum Gasteiger partial charge on any atom is -0.348 e. The second-order valence-electron chi connectivity index (χ2n) is 4.68. The van der Waals surface area contributed by atoms with E-state index in [4.69, 9.17) is 11.6 Å². The van der Waals surface area contributed by atoms with Gasteiger partial charge in [0.15, 0.2) is 0 Å². The summed E-state index contributed by atoms with van der Waals surface area (Å²) in [5, 5.41) is 5.61. The molecule has 0 aliphatic heterocycles. The van der Waals surface area contributed by atoms with Crippen molar-refractivity contribution >= 4 is 29.1 Å². The summed E-state index contributed by atoms with van der Waals surface area (Å²) in [7, 11) is 0. The molecule has 0 aliphatic carbocycles. The lowest BCUT2D eigenvalue weighted by molar-refractivity contribution is -0.114. The Morgan fingerprint density at radius 3 is 2.68 bits per heavy atom. The van der Waals surface area contributed by atoms with E-state index in [1.54, 1.807) is 24.3 Å². The van der Waals surface area contributed by atoms with E-state index >= 15 is 0 Å². The van der Waals surface area contributed by atoms with Gasteiger partial charge in [-0.25, -0.2) is 4.39 Å². The van der Waals surface area contributed by atoms with Crippen LogP contribution in [0.4, 0.5) is 10.1 Å². The van der Waals surface area contributed by atoms with Crippen molar-refractivity contribution < 1.29 is 14.0 Å². The van der Waals surface area contributed by atoms with Crippen LogP contribution in [0.5, 0.6) is 0 Å². The number of carbonyl (C=O) groups is 2. The number of nitrogens with one attached hydrogen (secondary N) is 2. The number of carbonyl (C=O) groups excluding carboxylic acids is 2. The number of benzene rings is 2. The Hall–Kier alpha value is -2.40. The first-order valence-electron chi connectivity index (χ1n) is 6.55. The van der Waals surface area contributed by atoms with Gasteiger partial charge in [0.2, 0.25) is 5.91 Å². The summed E-state index contributed by atoms with van der Waals surface area (Å²) in [4.78, 5) is 23.1. The normalized spacial score (nSPS) is 10.1. The second-order valence-corrected chi connectivity index (χ2v) is 5.12. The van der Waals surface area contributed by atoms with E-state index in [9.17, 15) is 14.0 Å². The van der Waals surface area contributed by atoms with Crippen molar-refractivity contribution in [1.82, 2.24) is 5.32 Å². The van der Waals surface area contributed by atoms with Gasteiger partial charge in [0.25, 0.3) is 5.91 Å². The highest BCUT2D eigenvalue weighted by Gasteiger charge is 2.09. The van der Waals surface area contributed by atoms with Crippen LogP contribution in [0.25, 0.3) is 0 Å². The first-order valence-corrected chi connectivity index (χ1v) is 6.93. The Balaban J connectivity index is 2.06. The number of halogens is 2. The molecule has 0 radical (unpaired) electrons. The maximum absolute atomic E-state index is 13.6. The van der Waals surface area contributed by atoms with Gasteiger partial charge in [-0.3, -0.25) is 9.59 Å². The molecule has 0 aromatic heterocycles. The van der Waals surface area contributed by atoms with Crippen molar-refractivity contribution in [2.45, 2.75) is 13.5 Å². The molecular formula is C16H14ClFN2O2. The van der Waals surface area contributed by atoms with E-state index in [1.807, 2.05) is 0 Å². The predicted octanol–water partition coefficient (Wildman–Crippen LogP) is 3.37. The van der Waals surface area contributed by atoms with Crippen molar-refractivity contribution in [2.24, 2.45) is 0 Å². The van der Waals surface area contributed by atoms with Gasteiger partial charge in [-0.1, -0.05) is 17.7 Å². The topological polar surface area (TPSA) is 58.2 Å². The van der Waals surface area contributed by atoms with E-state index in [2.05, 4.69) is 10.6 Å². The number of hydrogen-bond donors (Lipinski definition) is 2. The third kappa shape index (κ3) is 4.30. The number of anilines is 1. The largest absolute Gasteiger partial charge is 0.348 e. The van der Waals surface area contributed by atoms with Crippen LogP contribution in [0.3, 0.4) is 0 Å². The second kappa shape index (κ2) is 7.04. The van der Waals surface area contributed by atoms with Crippen LogP contribution in [0.1, 0.15) is 22.8 Å². The highest BCUT2D eigenvalue weighted by atomic mass is 35.5. The summed E-state index contributed by atoms with van der Waals surface area (Å²) in [6, 6.07) is 10.6. The lowest BCUT2D eigenvalue weighted by Gasteiger charge is -2.08. The van der Waals surface area contributed by atoms with Crippen LogP contribution in [0.2, 0.25) is 5.02 Å². The summed E-state index contributed by atoms with van der Waals surface area (Å²) in [6.07, 6.45) is 0. The first kappa shape index (κ1) is 16.0. The summed E-state index contributed by atoms with van der Waals surface area (Å²) >= 11 is 5.80. The van der Waals surface area contributed by atoms with E-state index in [0.29, 0.717) is 21.8 Å². The molecule has 2 aromatic carbocycles. The molecule has 0 heterocycles. The molecule has 2 aromatic rings. The monoisotopic (exact) mass is 320 g/mol. The molecule has 0 bridgehead atoms. The van der Waals surface area contributed by atoms with Crippen LogP contribution < -0.4 is 10.6 Å². The number of rotatable bonds is 4. The molecule has 0 saturated heterocycles. The van der Waals surface area contributed by atoms with Crippen LogP contribution >= 0.6 is 11.6 Å². The molecule has 0 atom stereocenters. The fourth-order valence-electron chi connectivity index (χ4n) is 1.90. The first-order chi connectivity index (χ1) is 10.5. The third-order valence-corrected chi connectivity index (χ3v) is 3.13. The third-order valence-electron chi connectivity index (χ3n) is 2.89. The zero-order chi connectivity index (χ0) is 16.1. The van der Waals surface area contributed by atoms with Crippen LogP contribution in [-0.2, 0) is 11.3 Å². The average Bonchev–Trinajstić information content (AvgIpc) is 2.47. The Morgan fingerprint density at radius 2 is 1.95 bits per heavy atom. The lowest BCUT2D eigenvalue weighted by Crippen LogP contribution is -2.23. The molecule has 22 heavy (non-hydrogen) atoms. The smallest absolute Gasteiger partial charge is 0.251 e. The summed E-state index contributed by atoms with van der Waals surface area (Å²) in [5.74, 6) is -1.03. The minimum atomic E-state index is -0.434. The summed E-state index contributed by atoms with van der Waals surface area (Å²) in [5.41, 5.74) is 1.20. The molecule has 2 amide bonds. The zero-order valence-electron chi connectivity index (χ0n) is 11.8. The molecule has 114 valence electrons. The summed E-state index contributed by atoms with van der Waals surface area (Å²) in [6.45, 7) is 1.41. The summed E-state index contributed by atoms with van der Waals surface area (Å²) < 4.78 is 13.6. The van der Waals surface area contributed by atoms with Crippen LogP contribution in [0, 0.1) is 5.82 Å². The highest BCUT2D eigenvalue weighted by molar-refractivity contribution is 6.30. The molecule has 2 N–H and O–H groups in total. The van der Waals surface area contributed by atoms with E-state index in [1.165, 1.54) is 25.1 Å². The fourth-order valence-corrected chi connectivity index (χ4v) is 2.09. The van der Waals surface area contributed by atoms with Crippen molar-refractivity contribution in [3.05, 3.63) is 64.4 Å². The van der Waals surface area contributed by atoms with Gasteiger partial charge in [-0.05, 0) is 36.4 Å². The van der Waals surface area contributed by atoms with E-state index in [0.717, 1.165) is 0 Å². The van der Waals surface area contributed by atoms with Gasteiger partial charge in [0, 0.05) is 35.3 Å². The number of amides is 2. The van der Waals surface area contributed by atoms with E-state index < -0.39 is 5.82 Å². The standard InChI is InChI=1S/C16H14ClFN2O2/c1-10(21)20-14-4-2-3-11(8-14)16(22)19-9-12-7-13(17)5-6-15(12)18/h2-8H,9H2,1H3,(H,19,22)(H,20,21). The highest BCUT2D eigenvalue weighted by Crippen LogP contribution is 2.15. The molecule has 0 saturated carbocycles. The Morgan fingerprint density at radius 1 is 1.18 bits per heavy atom. The number of hydrogen-bond acceptors (Lipinski definition) is 2. The molecular weight excluding hydrogens is 307 g/mol. The molecule has 0 unspecified atom stereocenters. The predicted molar refractivity (Wildman–Crippen MR) is 83.3 cm³/mol. The molecule has 6 heteroatoms. The van der Waals surface area contributed by atoms with Gasteiger partial charge >= 0.3 is 0 Å². The van der Waals surface area contributed by atoms with Crippen molar-refractivity contribution in [3.63, 3.8) is 0 Å². The fraction of sp³-hybridized carbons (Fsp3) is 0.125. The zero-order valence-corrected chi connectivity index (χ0v) is 12.6. The molecule has 0 fully saturated rings. The van der Waals surface area contributed by atoms with E-state index in [-0.39, 0.29) is 18.4 Å². The van der Waals surface area contributed by atoms with Crippen LogP contribution in [0.15, 0.2) is 42.5 Å². The minimum absolute atomic E-state index is 0.0234. The maximum atomic E-state index is 13.6. The van der Waals surface area contributed by atoms with Gasteiger partial charge in [-0.2, -0.15) is 0 Å². The van der Waals surface area contributed by atoms with Crippen LogP contribution in [-0.4, -0.2) is 11.8 Å². The molecule has 0 spiro atoms. The Labute approximate surface area is 132 Å². The lowest BCUT2D eigenvalue weighted by atomic mass is 10.1. The van der Waals surface area contributed by atoms with Crippen molar-refractivity contribution in [3.8, 4) is 0 Å². The van der Waals surface area contributed by atoms with Gasteiger partial charge in [0.05, 0.1) is 0 Å². The molecule has 0 aliphatic rings. The van der Waals surface area contributed by atoms with Crippen molar-refractivity contribution in [2.75, 3.05) is 5.32 Å². The molecule has 2 rings (SSSR count). The SMILES string of the molecule is CC(=O)Nc1cccc(C(=O)NCc2cc(Cl)ccc2F)c1. The Kier molecular flexibility index (Phi) is 5.12. The van der Waals surface area contributed by atoms with Gasteiger partial charge in [-0.15, -0.1) is 0 Å². The Bertz CT molecular complexity index is 719. The average molecular weight is 321 g/mol. The molecule has 4 nitrogen and oxygen atoms in total. The quantitative estimate of drug-likeness (QED) is 0.907.